The van der Waals surface area contributed by atoms with Crippen LogP contribution in [0.25, 0.3) is 0 Å². The third kappa shape index (κ3) is 6.42. The molecule has 1 aromatic carbocycles. The van der Waals surface area contributed by atoms with Gasteiger partial charge in [0.05, 0.1) is 19.8 Å². The van der Waals surface area contributed by atoms with Crippen molar-refractivity contribution in [2.45, 2.75) is 24.7 Å². The van der Waals surface area contributed by atoms with Gasteiger partial charge in [0.2, 0.25) is 0 Å². The molecule has 1 aromatic heterocycles. The first-order chi connectivity index (χ1) is 14.6. The lowest BCUT2D eigenvalue weighted by atomic mass is 10.0. The molecule has 0 radical (unpaired) electrons. The molecule has 0 aliphatic carbocycles. The van der Waals surface area contributed by atoms with Gasteiger partial charge >= 0.3 is 5.97 Å². The van der Waals surface area contributed by atoms with Gasteiger partial charge in [-0.25, -0.2) is 0 Å². The van der Waals surface area contributed by atoms with Gasteiger partial charge in [0.25, 0.3) is 0 Å². The van der Waals surface area contributed by atoms with Crippen molar-refractivity contribution >= 4 is 23.5 Å². The van der Waals surface area contributed by atoms with Gasteiger partial charge in [-0.3, -0.25) is 19.2 Å². The van der Waals surface area contributed by atoms with E-state index in [1.807, 2.05) is 30.1 Å². The van der Waals surface area contributed by atoms with Crippen LogP contribution in [-0.2, 0) is 27.7 Å². The third-order valence-corrected chi connectivity index (χ3v) is 6.00. The highest BCUT2D eigenvalue weighted by atomic mass is 32.2. The van der Waals surface area contributed by atoms with Crippen LogP contribution < -0.4 is 0 Å². The Morgan fingerprint density at radius 1 is 1.20 bits per heavy atom. The molecule has 1 saturated heterocycles. The summed E-state index contributed by atoms with van der Waals surface area (Å²) >= 11 is 1.83. The summed E-state index contributed by atoms with van der Waals surface area (Å²) in [5.74, 6) is 0.179. The summed E-state index contributed by atoms with van der Waals surface area (Å²) in [6.45, 7) is 6.61. The number of rotatable bonds is 10. The standard InChI is InChI=1S/C22H29N3O4S/c1-3-29-21(27)15-19(26)22-18(16-24(2)23-22)14-17-6-4-5-7-20(17)30-13-10-25-8-11-28-12-9-25/h4-7,16H,3,8-15H2,1-2H3. The van der Waals surface area contributed by atoms with Gasteiger partial charge in [-0.15, -0.1) is 11.8 Å². The molecule has 1 aliphatic heterocycles. The van der Waals surface area contributed by atoms with E-state index < -0.39 is 5.97 Å². The zero-order valence-corrected chi connectivity index (χ0v) is 18.5. The van der Waals surface area contributed by atoms with Crippen molar-refractivity contribution in [2.24, 2.45) is 7.05 Å². The fraction of sp³-hybridized carbons (Fsp3) is 0.500. The fourth-order valence-electron chi connectivity index (χ4n) is 3.43. The van der Waals surface area contributed by atoms with E-state index in [0.717, 1.165) is 49.7 Å². The highest BCUT2D eigenvalue weighted by molar-refractivity contribution is 7.99. The van der Waals surface area contributed by atoms with Crippen molar-refractivity contribution in [2.75, 3.05) is 45.2 Å². The second-order valence-corrected chi connectivity index (χ2v) is 8.31. The molecule has 2 heterocycles. The lowest BCUT2D eigenvalue weighted by molar-refractivity contribution is -0.141. The monoisotopic (exact) mass is 431 g/mol. The van der Waals surface area contributed by atoms with Gasteiger partial charge < -0.3 is 9.47 Å². The van der Waals surface area contributed by atoms with Crippen LogP contribution in [0.15, 0.2) is 35.4 Å². The third-order valence-electron chi connectivity index (χ3n) is 4.90. The quantitative estimate of drug-likeness (QED) is 0.248. The van der Waals surface area contributed by atoms with Crippen molar-refractivity contribution in [1.82, 2.24) is 14.7 Å². The van der Waals surface area contributed by atoms with E-state index in [4.69, 9.17) is 9.47 Å². The maximum atomic E-state index is 12.6. The van der Waals surface area contributed by atoms with Crippen LogP contribution in [0.5, 0.6) is 0 Å². The molecule has 0 amide bonds. The van der Waals surface area contributed by atoms with Crippen molar-refractivity contribution in [3.63, 3.8) is 0 Å². The minimum Gasteiger partial charge on any atom is -0.466 e. The molecule has 0 atom stereocenters. The fourth-order valence-corrected chi connectivity index (χ4v) is 4.50. The smallest absolute Gasteiger partial charge is 0.313 e. The number of benzene rings is 1. The Balaban J connectivity index is 1.66. The predicted octanol–water partition coefficient (Wildman–Crippen LogP) is 2.57. The summed E-state index contributed by atoms with van der Waals surface area (Å²) in [5.41, 5.74) is 2.33. The summed E-state index contributed by atoms with van der Waals surface area (Å²) in [7, 11) is 1.79. The largest absolute Gasteiger partial charge is 0.466 e. The molecule has 8 heteroatoms. The molecule has 0 N–H and O–H groups in total. The van der Waals surface area contributed by atoms with E-state index in [1.54, 1.807) is 18.7 Å². The van der Waals surface area contributed by atoms with Gasteiger partial charge in [0, 0.05) is 55.5 Å². The minimum absolute atomic E-state index is 0.260. The lowest BCUT2D eigenvalue weighted by Crippen LogP contribution is -2.37. The molecule has 1 fully saturated rings. The normalized spacial score (nSPS) is 14.6. The topological polar surface area (TPSA) is 73.7 Å². The second kappa shape index (κ2) is 11.3. The highest BCUT2D eigenvalue weighted by Crippen LogP contribution is 2.26. The number of ketones is 1. The maximum Gasteiger partial charge on any atom is 0.313 e. The molecule has 0 saturated carbocycles. The summed E-state index contributed by atoms with van der Waals surface area (Å²) in [6.07, 6.45) is 2.17. The second-order valence-electron chi connectivity index (χ2n) is 7.17. The van der Waals surface area contributed by atoms with Crippen LogP contribution in [0.4, 0.5) is 0 Å². The SMILES string of the molecule is CCOC(=O)CC(=O)c1nn(C)cc1Cc1ccccc1SCCN1CCOCC1. The number of carbonyl (C=O) groups is 2. The molecule has 162 valence electrons. The van der Waals surface area contributed by atoms with E-state index in [9.17, 15) is 9.59 Å². The van der Waals surface area contributed by atoms with Gasteiger partial charge in [0.1, 0.15) is 12.1 Å². The molecule has 0 bridgehead atoms. The number of aryl methyl sites for hydroxylation is 1. The Hall–Kier alpha value is -2.16. The zero-order chi connectivity index (χ0) is 21.3. The Morgan fingerprint density at radius 2 is 1.97 bits per heavy atom. The van der Waals surface area contributed by atoms with E-state index in [2.05, 4.69) is 22.1 Å². The average Bonchev–Trinajstić information content (AvgIpc) is 3.10. The molecular weight excluding hydrogens is 402 g/mol. The van der Waals surface area contributed by atoms with Crippen molar-refractivity contribution in [3.05, 3.63) is 47.3 Å². The molecule has 2 aromatic rings. The number of hydrogen-bond acceptors (Lipinski definition) is 7. The molecule has 3 rings (SSSR count). The molecule has 0 unspecified atom stereocenters. The molecular formula is C22H29N3O4S. The summed E-state index contributed by atoms with van der Waals surface area (Å²) in [5, 5.41) is 4.31. The first-order valence-corrected chi connectivity index (χ1v) is 11.3. The van der Waals surface area contributed by atoms with Crippen LogP contribution in [0.2, 0.25) is 0 Å². The number of esters is 1. The van der Waals surface area contributed by atoms with Gasteiger partial charge in [-0.2, -0.15) is 5.10 Å². The Kier molecular flexibility index (Phi) is 8.48. The average molecular weight is 432 g/mol. The number of Topliss-reactive ketones (excluding diaryl/α,β-unsaturated/α-hetero) is 1. The minimum atomic E-state index is -0.516. The first-order valence-electron chi connectivity index (χ1n) is 10.3. The van der Waals surface area contributed by atoms with Crippen LogP contribution in [-0.4, -0.2) is 71.6 Å². The summed E-state index contributed by atoms with van der Waals surface area (Å²) in [4.78, 5) is 27.9. The number of carbonyl (C=O) groups excluding carboxylic acids is 2. The molecule has 7 nitrogen and oxygen atoms in total. The highest BCUT2D eigenvalue weighted by Gasteiger charge is 2.20. The Bertz CT molecular complexity index is 862. The Labute approximate surface area is 181 Å². The molecule has 0 spiro atoms. The first kappa shape index (κ1) is 22.5. The number of aromatic nitrogens is 2. The van der Waals surface area contributed by atoms with E-state index >= 15 is 0 Å². The number of morpholine rings is 1. The number of nitrogens with zero attached hydrogens (tertiary/aromatic N) is 3. The van der Waals surface area contributed by atoms with Crippen molar-refractivity contribution in [1.29, 1.82) is 0 Å². The van der Waals surface area contributed by atoms with Gasteiger partial charge in [-0.1, -0.05) is 18.2 Å². The number of thioether (sulfide) groups is 1. The van der Waals surface area contributed by atoms with Gasteiger partial charge in [0.15, 0.2) is 5.78 Å². The van der Waals surface area contributed by atoms with Crippen LogP contribution in [0.1, 0.15) is 35.0 Å². The lowest BCUT2D eigenvalue weighted by Gasteiger charge is -2.26. The summed E-state index contributed by atoms with van der Waals surface area (Å²) in [6, 6.07) is 8.26. The summed E-state index contributed by atoms with van der Waals surface area (Å²) < 4.78 is 11.9. The van der Waals surface area contributed by atoms with E-state index in [-0.39, 0.29) is 18.8 Å². The number of hydrogen-bond donors (Lipinski definition) is 0. The van der Waals surface area contributed by atoms with E-state index in [0.29, 0.717) is 12.1 Å². The molecule has 30 heavy (non-hydrogen) atoms. The zero-order valence-electron chi connectivity index (χ0n) is 17.6. The van der Waals surface area contributed by atoms with Crippen LogP contribution in [0, 0.1) is 0 Å². The predicted molar refractivity (Wildman–Crippen MR) is 116 cm³/mol. The Morgan fingerprint density at radius 3 is 2.73 bits per heavy atom. The van der Waals surface area contributed by atoms with Gasteiger partial charge in [-0.05, 0) is 18.6 Å². The van der Waals surface area contributed by atoms with E-state index in [1.165, 1.54) is 4.90 Å². The van der Waals surface area contributed by atoms with Crippen LogP contribution in [0.3, 0.4) is 0 Å². The van der Waals surface area contributed by atoms with Crippen molar-refractivity contribution < 1.29 is 19.1 Å². The van der Waals surface area contributed by atoms with Crippen LogP contribution >= 0.6 is 11.8 Å². The maximum absolute atomic E-state index is 12.6. The molecule has 1 aliphatic rings. The number of ether oxygens (including phenoxy) is 2. The van der Waals surface area contributed by atoms with Crippen molar-refractivity contribution in [3.8, 4) is 0 Å².